The lowest BCUT2D eigenvalue weighted by molar-refractivity contribution is 0.0561. The van der Waals surface area contributed by atoms with E-state index in [1.165, 1.54) is 31.3 Å². The molecule has 0 N–H and O–H groups in total. The highest BCUT2D eigenvalue weighted by Gasteiger charge is 2.48. The van der Waals surface area contributed by atoms with Gasteiger partial charge >= 0.3 is 0 Å². The molecule has 2 aliphatic rings. The molecule has 15 heavy (non-hydrogen) atoms. The number of hydrogen-bond donors (Lipinski definition) is 0. The molecule has 0 aromatic carbocycles. The van der Waals surface area contributed by atoms with Crippen molar-refractivity contribution in [1.82, 2.24) is 0 Å². The summed E-state index contributed by atoms with van der Waals surface area (Å²) in [7, 11) is 0. The molecule has 3 atom stereocenters. The van der Waals surface area contributed by atoms with Crippen LogP contribution in [0, 0.1) is 22.7 Å². The summed E-state index contributed by atoms with van der Waals surface area (Å²) in [6, 6.07) is 0. The lowest BCUT2D eigenvalue weighted by atomic mass is 9.51. The molecular formula is C15H24. The molecule has 0 spiro atoms. The minimum absolute atomic E-state index is 0.323. The summed E-state index contributed by atoms with van der Waals surface area (Å²) in [5.41, 5.74) is 2.32. The predicted molar refractivity (Wildman–Crippen MR) is 66.7 cm³/mol. The average molecular weight is 204 g/mol. The number of allylic oxidation sites excluding steroid dienone is 2. The standard InChI is InChI=1S/C15H24/c1-6-15(5)10-8-12-11(2)13(15)7-9-14(12,3)4/h6,12-13H,1-2,7-10H2,3-5H3. The maximum absolute atomic E-state index is 4.39. The minimum atomic E-state index is 0.323. The molecule has 0 nitrogen and oxygen atoms in total. The second kappa shape index (κ2) is 3.23. The van der Waals surface area contributed by atoms with Gasteiger partial charge in [-0.3, -0.25) is 0 Å². The minimum Gasteiger partial charge on any atom is -0.103 e. The lowest BCUT2D eigenvalue weighted by Crippen LogP contribution is -2.44. The maximum Gasteiger partial charge on any atom is -0.00836 e. The molecule has 0 aromatic heterocycles. The average Bonchev–Trinajstić information content (AvgIpc) is 2.15. The molecule has 2 rings (SSSR count). The van der Waals surface area contributed by atoms with E-state index >= 15 is 0 Å². The first kappa shape index (κ1) is 11.0. The van der Waals surface area contributed by atoms with Gasteiger partial charge in [-0.1, -0.05) is 39.0 Å². The van der Waals surface area contributed by atoms with E-state index in [1.807, 2.05) is 0 Å². The molecule has 0 aromatic rings. The van der Waals surface area contributed by atoms with Gasteiger partial charge in [0.1, 0.15) is 0 Å². The third-order valence-corrected chi connectivity index (χ3v) is 5.15. The summed E-state index contributed by atoms with van der Waals surface area (Å²) in [5.74, 6) is 1.45. The van der Waals surface area contributed by atoms with E-state index in [-0.39, 0.29) is 0 Å². The van der Waals surface area contributed by atoms with Crippen molar-refractivity contribution in [3.05, 3.63) is 24.8 Å². The molecule has 0 heteroatoms. The lowest BCUT2D eigenvalue weighted by Gasteiger charge is -2.54. The van der Waals surface area contributed by atoms with E-state index in [0.717, 1.165) is 5.92 Å². The van der Waals surface area contributed by atoms with Crippen LogP contribution in [0.25, 0.3) is 0 Å². The van der Waals surface area contributed by atoms with Crippen LogP contribution in [-0.4, -0.2) is 0 Å². The van der Waals surface area contributed by atoms with E-state index < -0.39 is 0 Å². The van der Waals surface area contributed by atoms with Crippen molar-refractivity contribution in [3.63, 3.8) is 0 Å². The predicted octanol–water partition coefficient (Wildman–Crippen LogP) is 4.58. The third-order valence-electron chi connectivity index (χ3n) is 5.15. The Labute approximate surface area is 94.5 Å². The fraction of sp³-hybridized carbons (Fsp3) is 0.733. The first-order valence-electron chi connectivity index (χ1n) is 6.23. The summed E-state index contributed by atoms with van der Waals surface area (Å²) in [6.07, 6.45) is 7.45. The normalized spacial score (nSPS) is 43.8. The summed E-state index contributed by atoms with van der Waals surface area (Å²) in [5, 5.41) is 0. The van der Waals surface area contributed by atoms with Gasteiger partial charge in [-0.2, -0.15) is 0 Å². The quantitative estimate of drug-likeness (QED) is 0.548. The second-order valence-electron chi connectivity index (χ2n) is 6.46. The summed E-state index contributed by atoms with van der Waals surface area (Å²) in [6.45, 7) is 15.6. The largest absolute Gasteiger partial charge is 0.103 e. The van der Waals surface area contributed by atoms with Gasteiger partial charge in [0.15, 0.2) is 0 Å². The van der Waals surface area contributed by atoms with Gasteiger partial charge < -0.3 is 0 Å². The molecule has 0 heterocycles. The van der Waals surface area contributed by atoms with Gasteiger partial charge in [0.2, 0.25) is 0 Å². The molecule has 3 unspecified atom stereocenters. The number of hydrogen-bond acceptors (Lipinski definition) is 0. The molecule has 0 radical (unpaired) electrons. The van der Waals surface area contributed by atoms with E-state index in [9.17, 15) is 0 Å². The molecule has 84 valence electrons. The summed E-state index contributed by atoms with van der Waals surface area (Å²) < 4.78 is 0. The Morgan fingerprint density at radius 2 is 1.73 bits per heavy atom. The van der Waals surface area contributed by atoms with Crippen LogP contribution >= 0.6 is 0 Å². The zero-order valence-electron chi connectivity index (χ0n) is 10.5. The van der Waals surface area contributed by atoms with Gasteiger partial charge in [-0.15, -0.1) is 6.58 Å². The Morgan fingerprint density at radius 3 is 2.33 bits per heavy atom. The van der Waals surface area contributed by atoms with Gasteiger partial charge in [0, 0.05) is 0 Å². The highest BCUT2D eigenvalue weighted by Crippen LogP contribution is 2.58. The van der Waals surface area contributed by atoms with Crippen LogP contribution in [0.2, 0.25) is 0 Å². The van der Waals surface area contributed by atoms with Crippen LogP contribution in [-0.2, 0) is 0 Å². The fourth-order valence-corrected chi connectivity index (χ4v) is 3.82. The second-order valence-corrected chi connectivity index (χ2v) is 6.46. The Morgan fingerprint density at radius 1 is 1.13 bits per heavy atom. The molecule has 0 amide bonds. The van der Waals surface area contributed by atoms with E-state index in [1.54, 1.807) is 0 Å². The topological polar surface area (TPSA) is 0 Å². The van der Waals surface area contributed by atoms with E-state index in [2.05, 4.69) is 40.0 Å². The van der Waals surface area contributed by atoms with Gasteiger partial charge in [0.05, 0.1) is 0 Å². The van der Waals surface area contributed by atoms with Crippen LogP contribution < -0.4 is 0 Å². The SMILES string of the molecule is C=CC1(C)CCC2C(=C)C1CCC2(C)C. The van der Waals surface area contributed by atoms with Gasteiger partial charge in [-0.05, 0) is 48.3 Å². The van der Waals surface area contributed by atoms with Crippen molar-refractivity contribution in [2.24, 2.45) is 22.7 Å². The molecule has 2 aliphatic carbocycles. The Hall–Kier alpha value is -0.520. The van der Waals surface area contributed by atoms with Gasteiger partial charge in [0.25, 0.3) is 0 Å². The maximum atomic E-state index is 4.39. The zero-order valence-corrected chi connectivity index (χ0v) is 10.5. The first-order chi connectivity index (χ1) is 6.91. The molecule has 0 aliphatic heterocycles. The van der Waals surface area contributed by atoms with Crippen molar-refractivity contribution in [1.29, 1.82) is 0 Å². The highest BCUT2D eigenvalue weighted by atomic mass is 14.5. The first-order valence-corrected chi connectivity index (χ1v) is 6.23. The molecule has 0 saturated heterocycles. The van der Waals surface area contributed by atoms with Crippen molar-refractivity contribution in [2.75, 3.05) is 0 Å². The zero-order chi connectivity index (χ0) is 11.3. The van der Waals surface area contributed by atoms with Crippen LogP contribution in [0.1, 0.15) is 46.5 Å². The van der Waals surface area contributed by atoms with E-state index in [0.29, 0.717) is 16.7 Å². The van der Waals surface area contributed by atoms with Gasteiger partial charge in [-0.25, -0.2) is 0 Å². The van der Waals surface area contributed by atoms with Crippen LogP contribution in [0.15, 0.2) is 24.8 Å². The van der Waals surface area contributed by atoms with Crippen LogP contribution in [0.5, 0.6) is 0 Å². The van der Waals surface area contributed by atoms with Crippen molar-refractivity contribution in [2.45, 2.75) is 46.5 Å². The highest BCUT2D eigenvalue weighted by molar-refractivity contribution is 5.23. The van der Waals surface area contributed by atoms with Crippen molar-refractivity contribution >= 4 is 0 Å². The Balaban J connectivity index is 2.31. The molecule has 2 saturated carbocycles. The van der Waals surface area contributed by atoms with Crippen molar-refractivity contribution < 1.29 is 0 Å². The number of fused-ring (bicyclic) bond motifs is 2. The summed E-state index contributed by atoms with van der Waals surface area (Å²) >= 11 is 0. The molecule has 2 fully saturated rings. The van der Waals surface area contributed by atoms with Crippen molar-refractivity contribution in [3.8, 4) is 0 Å². The summed E-state index contributed by atoms with van der Waals surface area (Å²) in [4.78, 5) is 0. The van der Waals surface area contributed by atoms with E-state index in [4.69, 9.17) is 0 Å². The Kier molecular flexibility index (Phi) is 2.37. The van der Waals surface area contributed by atoms with Crippen LogP contribution in [0.4, 0.5) is 0 Å². The molecule has 2 bridgehead atoms. The third kappa shape index (κ3) is 1.49. The van der Waals surface area contributed by atoms with Crippen LogP contribution in [0.3, 0.4) is 0 Å². The fourth-order valence-electron chi connectivity index (χ4n) is 3.82. The number of rotatable bonds is 1. The smallest absolute Gasteiger partial charge is 0.00836 e. The molecular weight excluding hydrogens is 180 g/mol. The Bertz CT molecular complexity index is 297. The monoisotopic (exact) mass is 204 g/mol.